The van der Waals surface area contributed by atoms with Crippen molar-refractivity contribution in [1.82, 2.24) is 0 Å². The van der Waals surface area contributed by atoms with E-state index < -0.39 is 10.0 Å². The van der Waals surface area contributed by atoms with Gasteiger partial charge in [0.1, 0.15) is 0 Å². The molecule has 74 valence electrons. The monoisotopic (exact) mass is 196 g/mol. The zero-order valence-electron chi connectivity index (χ0n) is 9.29. The lowest BCUT2D eigenvalue weighted by molar-refractivity contribution is 0.786. The van der Waals surface area contributed by atoms with Gasteiger partial charge in [0, 0.05) is 0 Å². The molecule has 0 heterocycles. The van der Waals surface area contributed by atoms with Gasteiger partial charge in [0.2, 0.25) is 0 Å². The van der Waals surface area contributed by atoms with Crippen molar-refractivity contribution >= 4 is 10.0 Å². The predicted molar refractivity (Wildman–Crippen MR) is 63.9 cm³/mol. The average Bonchev–Trinajstić information content (AvgIpc) is 2.04. The Morgan fingerprint density at radius 2 is 1.38 bits per heavy atom. The molecule has 1 rings (SSSR count). The molecule has 0 amide bonds. The van der Waals surface area contributed by atoms with E-state index >= 15 is 0 Å². The first-order valence-corrected chi connectivity index (χ1v) is 7.08. The summed E-state index contributed by atoms with van der Waals surface area (Å²) in [5.41, 5.74) is 0. The summed E-state index contributed by atoms with van der Waals surface area (Å²) in [5.74, 6) is 0. The highest BCUT2D eigenvalue weighted by atomic mass is 32.3. The summed E-state index contributed by atoms with van der Waals surface area (Å²) in [5, 5.41) is 0. The van der Waals surface area contributed by atoms with E-state index in [0.717, 1.165) is 0 Å². The molecule has 0 fully saturated rings. The fourth-order valence-electron chi connectivity index (χ4n) is 1.11. The third-order valence-corrected chi connectivity index (χ3v) is 7.38. The lowest BCUT2D eigenvalue weighted by Gasteiger charge is -2.45. The molecule has 0 nitrogen and oxygen atoms in total. The normalized spacial score (nSPS) is 14.2. The molecule has 0 unspecified atom stereocenters. The van der Waals surface area contributed by atoms with Gasteiger partial charge in [0.15, 0.2) is 0 Å². The first-order valence-electron chi connectivity index (χ1n) is 4.64. The number of rotatable bonds is 1. The molecule has 0 aromatic heterocycles. The van der Waals surface area contributed by atoms with E-state index in [1.165, 1.54) is 4.90 Å². The number of benzene rings is 1. The Balaban J connectivity index is 3.08. The van der Waals surface area contributed by atoms with Crippen molar-refractivity contribution in [2.75, 3.05) is 12.5 Å². The van der Waals surface area contributed by atoms with Gasteiger partial charge in [-0.1, -0.05) is 51.1 Å². The smallest absolute Gasteiger partial charge is 0.00491 e. The molecule has 1 aromatic carbocycles. The Hall–Kier alpha value is -0.430. The Labute approximate surface area is 83.7 Å². The third kappa shape index (κ3) is 2.08. The molecule has 0 radical (unpaired) electrons. The molecule has 0 saturated carbocycles. The number of hydrogen-bond acceptors (Lipinski definition) is 0. The van der Waals surface area contributed by atoms with E-state index in [0.29, 0.717) is 4.75 Å². The average molecular weight is 196 g/mol. The topological polar surface area (TPSA) is 0 Å². The van der Waals surface area contributed by atoms with Crippen LogP contribution in [0.25, 0.3) is 0 Å². The second-order valence-electron chi connectivity index (χ2n) is 4.75. The standard InChI is InChI=1S/C12H20S/c1-12(2,3)13(4,5)11-9-7-6-8-10-11/h6-10H,1-5H3. The molecule has 0 aliphatic carbocycles. The van der Waals surface area contributed by atoms with Crippen molar-refractivity contribution in [3.8, 4) is 0 Å². The van der Waals surface area contributed by atoms with Crippen LogP contribution in [0.3, 0.4) is 0 Å². The largest absolute Gasteiger partial charge is 0.215 e. The highest BCUT2D eigenvalue weighted by molar-refractivity contribution is 8.33. The zero-order chi connectivity index (χ0) is 10.1. The van der Waals surface area contributed by atoms with Crippen LogP contribution in [0.1, 0.15) is 20.8 Å². The molecule has 0 saturated heterocycles. The van der Waals surface area contributed by atoms with Crippen molar-refractivity contribution in [1.29, 1.82) is 0 Å². The van der Waals surface area contributed by atoms with Crippen molar-refractivity contribution in [2.45, 2.75) is 30.4 Å². The highest BCUT2D eigenvalue weighted by Crippen LogP contribution is 2.59. The summed E-state index contributed by atoms with van der Waals surface area (Å²) in [6, 6.07) is 10.9. The summed E-state index contributed by atoms with van der Waals surface area (Å²) >= 11 is 0. The molecule has 0 spiro atoms. The van der Waals surface area contributed by atoms with E-state index in [1.807, 2.05) is 0 Å². The highest BCUT2D eigenvalue weighted by Gasteiger charge is 2.28. The fraction of sp³-hybridized carbons (Fsp3) is 0.500. The van der Waals surface area contributed by atoms with Crippen LogP contribution in [-0.4, -0.2) is 17.3 Å². The van der Waals surface area contributed by atoms with Crippen LogP contribution in [-0.2, 0) is 0 Å². The Kier molecular flexibility index (Phi) is 2.76. The molecular formula is C12H20S. The van der Waals surface area contributed by atoms with Crippen LogP contribution in [0.5, 0.6) is 0 Å². The molecule has 1 heteroatoms. The fourth-order valence-corrected chi connectivity index (χ4v) is 2.66. The molecule has 0 aliphatic rings. The van der Waals surface area contributed by atoms with Gasteiger partial charge >= 0.3 is 0 Å². The minimum atomic E-state index is -0.676. The second kappa shape index (κ2) is 3.38. The lowest BCUT2D eigenvalue weighted by atomic mass is 10.3. The van der Waals surface area contributed by atoms with Crippen LogP contribution in [0.2, 0.25) is 0 Å². The van der Waals surface area contributed by atoms with Crippen LogP contribution in [0.15, 0.2) is 35.2 Å². The summed E-state index contributed by atoms with van der Waals surface area (Å²) < 4.78 is 0.383. The van der Waals surface area contributed by atoms with Gasteiger partial charge in [-0.25, -0.2) is 10.0 Å². The molecule has 1 aromatic rings. The Morgan fingerprint density at radius 3 is 1.77 bits per heavy atom. The predicted octanol–water partition coefficient (Wildman–Crippen LogP) is 3.91. The molecule has 0 N–H and O–H groups in total. The van der Waals surface area contributed by atoms with Crippen LogP contribution >= 0.6 is 10.0 Å². The Morgan fingerprint density at radius 1 is 0.923 bits per heavy atom. The van der Waals surface area contributed by atoms with Gasteiger partial charge in [-0.3, -0.25) is 0 Å². The van der Waals surface area contributed by atoms with Crippen LogP contribution in [0.4, 0.5) is 0 Å². The van der Waals surface area contributed by atoms with Crippen molar-refractivity contribution in [2.24, 2.45) is 0 Å². The van der Waals surface area contributed by atoms with Crippen LogP contribution in [0, 0.1) is 0 Å². The minimum Gasteiger partial charge on any atom is -0.215 e. The summed E-state index contributed by atoms with van der Waals surface area (Å²) in [6.07, 6.45) is 4.78. The molecular weight excluding hydrogens is 176 g/mol. The summed E-state index contributed by atoms with van der Waals surface area (Å²) in [4.78, 5) is 1.50. The third-order valence-electron chi connectivity index (χ3n) is 2.86. The maximum atomic E-state index is 2.39. The van der Waals surface area contributed by atoms with E-state index in [9.17, 15) is 0 Å². The van der Waals surface area contributed by atoms with Crippen molar-refractivity contribution in [3.05, 3.63) is 30.3 Å². The lowest BCUT2D eigenvalue weighted by Crippen LogP contribution is -2.23. The molecule has 13 heavy (non-hydrogen) atoms. The van der Waals surface area contributed by atoms with Gasteiger partial charge in [0.25, 0.3) is 0 Å². The van der Waals surface area contributed by atoms with Crippen molar-refractivity contribution in [3.63, 3.8) is 0 Å². The van der Waals surface area contributed by atoms with Crippen molar-refractivity contribution < 1.29 is 0 Å². The van der Waals surface area contributed by atoms with Gasteiger partial charge in [-0.15, -0.1) is 0 Å². The molecule has 0 aliphatic heterocycles. The van der Waals surface area contributed by atoms with Gasteiger partial charge < -0.3 is 0 Å². The van der Waals surface area contributed by atoms with E-state index in [2.05, 4.69) is 63.6 Å². The van der Waals surface area contributed by atoms with Gasteiger partial charge in [-0.05, 0) is 22.2 Å². The first kappa shape index (κ1) is 10.6. The summed E-state index contributed by atoms with van der Waals surface area (Å²) in [7, 11) is -0.676. The van der Waals surface area contributed by atoms with Gasteiger partial charge in [0.05, 0.1) is 0 Å². The molecule has 0 bridgehead atoms. The second-order valence-corrected chi connectivity index (χ2v) is 9.10. The zero-order valence-corrected chi connectivity index (χ0v) is 10.1. The maximum Gasteiger partial charge on any atom is -0.00491 e. The van der Waals surface area contributed by atoms with Gasteiger partial charge in [-0.2, -0.15) is 0 Å². The Bertz CT molecular complexity index is 267. The minimum absolute atomic E-state index is 0.383. The van der Waals surface area contributed by atoms with E-state index in [4.69, 9.17) is 0 Å². The maximum absolute atomic E-state index is 2.39. The van der Waals surface area contributed by atoms with Crippen LogP contribution < -0.4 is 0 Å². The van der Waals surface area contributed by atoms with E-state index in [-0.39, 0.29) is 0 Å². The summed E-state index contributed by atoms with van der Waals surface area (Å²) in [6.45, 7) is 6.99. The quantitative estimate of drug-likeness (QED) is 0.639. The SMILES string of the molecule is CC(C)(C)S(C)(C)c1ccccc1. The molecule has 0 atom stereocenters. The number of hydrogen-bond donors (Lipinski definition) is 0. The first-order chi connectivity index (χ1) is 5.86. The van der Waals surface area contributed by atoms with E-state index in [1.54, 1.807) is 0 Å².